The fourth-order valence-electron chi connectivity index (χ4n) is 4.87. The third-order valence-corrected chi connectivity index (χ3v) is 5.79. The molecule has 4 nitrogen and oxygen atoms in total. The van der Waals surface area contributed by atoms with Crippen LogP contribution in [0.5, 0.6) is 0 Å². The highest BCUT2D eigenvalue weighted by molar-refractivity contribution is 5.92. The smallest absolute Gasteiger partial charge is 0.259 e. The van der Waals surface area contributed by atoms with Gasteiger partial charge in [-0.1, -0.05) is 17.7 Å². The minimum absolute atomic E-state index is 0.0631. The van der Waals surface area contributed by atoms with E-state index in [2.05, 4.69) is 22.8 Å². The molecule has 1 aromatic carbocycles. The predicted octanol–water partition coefficient (Wildman–Crippen LogP) is 3.34. The molecule has 4 bridgehead atoms. The average Bonchev–Trinajstić information content (AvgIpc) is 2.53. The number of hydrazone groups is 1. The number of amides is 1. The summed E-state index contributed by atoms with van der Waals surface area (Å²) < 4.78 is 0. The van der Waals surface area contributed by atoms with E-state index in [4.69, 9.17) is 0 Å². The first kappa shape index (κ1) is 14.7. The Balaban J connectivity index is 1.31. The van der Waals surface area contributed by atoms with Crippen molar-refractivity contribution in [1.82, 2.24) is 5.43 Å². The third kappa shape index (κ3) is 3.12. The van der Waals surface area contributed by atoms with E-state index in [9.17, 15) is 4.79 Å². The molecule has 2 N–H and O–H groups in total. The van der Waals surface area contributed by atoms with Gasteiger partial charge in [-0.2, -0.15) is 5.10 Å². The Morgan fingerprint density at radius 3 is 2.26 bits per heavy atom. The molecule has 23 heavy (non-hydrogen) atoms. The highest BCUT2D eigenvalue weighted by atomic mass is 16.2. The van der Waals surface area contributed by atoms with Gasteiger partial charge in [0.15, 0.2) is 0 Å². The summed E-state index contributed by atoms with van der Waals surface area (Å²) in [5.41, 5.74) is 6.24. The van der Waals surface area contributed by atoms with Crippen LogP contribution in [0.25, 0.3) is 0 Å². The SMILES string of the molecule is Cc1ccc(NCC(=O)NN=C2C3CC4CC(C3)CC2C4)cc1. The zero-order chi connectivity index (χ0) is 15.8. The zero-order valence-corrected chi connectivity index (χ0v) is 13.7. The molecule has 4 aliphatic carbocycles. The Bertz CT molecular complexity index is 590. The van der Waals surface area contributed by atoms with Gasteiger partial charge in [-0.05, 0) is 74.8 Å². The molecule has 1 amide bonds. The molecule has 0 unspecified atom stereocenters. The van der Waals surface area contributed by atoms with Crippen LogP contribution in [0.4, 0.5) is 5.69 Å². The molecule has 122 valence electrons. The number of anilines is 1. The van der Waals surface area contributed by atoms with Gasteiger partial charge < -0.3 is 5.32 Å². The van der Waals surface area contributed by atoms with Crippen LogP contribution in [0.3, 0.4) is 0 Å². The second-order valence-electron chi connectivity index (χ2n) is 7.60. The van der Waals surface area contributed by atoms with E-state index in [1.807, 2.05) is 24.3 Å². The second kappa shape index (κ2) is 5.99. The average molecular weight is 311 g/mol. The number of carbonyl (C=O) groups excluding carboxylic acids is 1. The lowest BCUT2D eigenvalue weighted by Gasteiger charge is -2.50. The molecular formula is C19H25N3O. The molecule has 4 aliphatic rings. The van der Waals surface area contributed by atoms with Gasteiger partial charge in [0.25, 0.3) is 5.91 Å². The monoisotopic (exact) mass is 311 g/mol. The fraction of sp³-hybridized carbons (Fsp3) is 0.579. The van der Waals surface area contributed by atoms with Crippen molar-refractivity contribution in [2.75, 3.05) is 11.9 Å². The van der Waals surface area contributed by atoms with Gasteiger partial charge >= 0.3 is 0 Å². The Morgan fingerprint density at radius 2 is 1.65 bits per heavy atom. The van der Waals surface area contributed by atoms with Gasteiger partial charge in [0, 0.05) is 11.4 Å². The summed E-state index contributed by atoms with van der Waals surface area (Å²) in [6.45, 7) is 2.32. The second-order valence-corrected chi connectivity index (χ2v) is 7.60. The van der Waals surface area contributed by atoms with E-state index in [1.54, 1.807) is 0 Å². The number of hydrogen-bond acceptors (Lipinski definition) is 3. The summed E-state index contributed by atoms with van der Waals surface area (Å²) in [5, 5.41) is 7.67. The summed E-state index contributed by atoms with van der Waals surface area (Å²) in [7, 11) is 0. The number of nitrogens with one attached hydrogen (secondary N) is 2. The van der Waals surface area contributed by atoms with Crippen LogP contribution in [-0.4, -0.2) is 18.2 Å². The molecule has 1 aromatic rings. The molecular weight excluding hydrogens is 286 g/mol. The summed E-state index contributed by atoms with van der Waals surface area (Å²) in [4.78, 5) is 12.0. The van der Waals surface area contributed by atoms with E-state index in [-0.39, 0.29) is 12.5 Å². The first-order valence-corrected chi connectivity index (χ1v) is 8.84. The minimum Gasteiger partial charge on any atom is -0.376 e. The lowest BCUT2D eigenvalue weighted by Crippen LogP contribution is -2.46. The zero-order valence-electron chi connectivity index (χ0n) is 13.7. The normalized spacial score (nSPS) is 31.1. The van der Waals surface area contributed by atoms with Gasteiger partial charge in [0.1, 0.15) is 0 Å². The van der Waals surface area contributed by atoms with Crippen molar-refractivity contribution in [2.45, 2.75) is 39.0 Å². The first-order chi connectivity index (χ1) is 11.2. The number of rotatable bonds is 4. The van der Waals surface area contributed by atoms with Gasteiger partial charge in [-0.3, -0.25) is 4.79 Å². The molecule has 0 saturated heterocycles. The quantitative estimate of drug-likeness (QED) is 0.838. The van der Waals surface area contributed by atoms with Crippen LogP contribution in [0, 0.1) is 30.6 Å². The Hall–Kier alpha value is -1.84. The number of carbonyl (C=O) groups is 1. The summed E-state index contributed by atoms with van der Waals surface area (Å²) >= 11 is 0. The molecule has 4 heteroatoms. The summed E-state index contributed by atoms with van der Waals surface area (Å²) in [5.74, 6) is 3.06. The van der Waals surface area contributed by atoms with E-state index in [0.29, 0.717) is 11.8 Å². The van der Waals surface area contributed by atoms with Crippen molar-refractivity contribution in [1.29, 1.82) is 0 Å². The van der Waals surface area contributed by atoms with Crippen molar-refractivity contribution >= 4 is 17.3 Å². The van der Waals surface area contributed by atoms with Crippen LogP contribution < -0.4 is 10.7 Å². The topological polar surface area (TPSA) is 53.5 Å². The van der Waals surface area contributed by atoms with Crippen molar-refractivity contribution in [2.24, 2.45) is 28.8 Å². The largest absolute Gasteiger partial charge is 0.376 e. The molecule has 4 saturated carbocycles. The number of aryl methyl sites for hydroxylation is 1. The Labute approximate surface area is 137 Å². The molecule has 0 aromatic heterocycles. The summed E-state index contributed by atoms with van der Waals surface area (Å²) in [6, 6.07) is 8.06. The van der Waals surface area contributed by atoms with Gasteiger partial charge in [0.05, 0.1) is 6.54 Å². The van der Waals surface area contributed by atoms with Crippen LogP contribution >= 0.6 is 0 Å². The van der Waals surface area contributed by atoms with Crippen molar-refractivity contribution in [3.05, 3.63) is 29.8 Å². The minimum atomic E-state index is -0.0631. The predicted molar refractivity (Wildman–Crippen MR) is 92.3 cm³/mol. The maximum absolute atomic E-state index is 12.0. The van der Waals surface area contributed by atoms with Crippen LogP contribution in [-0.2, 0) is 4.79 Å². The molecule has 4 fully saturated rings. The third-order valence-electron chi connectivity index (χ3n) is 5.79. The lowest BCUT2D eigenvalue weighted by atomic mass is 9.55. The van der Waals surface area contributed by atoms with Gasteiger partial charge in [-0.15, -0.1) is 0 Å². The van der Waals surface area contributed by atoms with Crippen LogP contribution in [0.1, 0.15) is 37.7 Å². The van der Waals surface area contributed by atoms with E-state index in [1.165, 1.54) is 43.4 Å². The Kier molecular flexibility index (Phi) is 3.83. The van der Waals surface area contributed by atoms with E-state index < -0.39 is 0 Å². The van der Waals surface area contributed by atoms with Crippen molar-refractivity contribution < 1.29 is 4.79 Å². The number of hydrogen-bond donors (Lipinski definition) is 2. The highest BCUT2D eigenvalue weighted by Crippen LogP contribution is 2.52. The molecule has 5 rings (SSSR count). The molecule has 0 heterocycles. The summed E-state index contributed by atoms with van der Waals surface area (Å²) in [6.07, 6.45) is 6.62. The Morgan fingerprint density at radius 1 is 1.04 bits per heavy atom. The molecule has 0 atom stereocenters. The van der Waals surface area contributed by atoms with Gasteiger partial charge in [-0.25, -0.2) is 5.43 Å². The lowest BCUT2D eigenvalue weighted by molar-refractivity contribution is -0.119. The molecule has 0 aliphatic heterocycles. The first-order valence-electron chi connectivity index (χ1n) is 8.84. The number of benzene rings is 1. The van der Waals surface area contributed by atoms with Gasteiger partial charge in [0.2, 0.25) is 0 Å². The van der Waals surface area contributed by atoms with Crippen molar-refractivity contribution in [3.8, 4) is 0 Å². The maximum Gasteiger partial charge on any atom is 0.259 e. The van der Waals surface area contributed by atoms with Crippen molar-refractivity contribution in [3.63, 3.8) is 0 Å². The standard InChI is InChI=1S/C19H25N3O/c1-12-2-4-17(5-3-12)20-11-18(23)21-22-19-15-7-13-6-14(9-15)10-16(19)8-13/h2-5,13-16,20H,6-11H2,1H3,(H,21,23). The maximum atomic E-state index is 12.0. The van der Waals surface area contributed by atoms with E-state index in [0.717, 1.165) is 17.5 Å². The number of nitrogens with zero attached hydrogens (tertiary/aromatic N) is 1. The van der Waals surface area contributed by atoms with Crippen LogP contribution in [0.2, 0.25) is 0 Å². The molecule has 0 radical (unpaired) electrons. The highest BCUT2D eigenvalue weighted by Gasteiger charge is 2.46. The van der Waals surface area contributed by atoms with E-state index >= 15 is 0 Å². The molecule has 0 spiro atoms. The fourth-order valence-corrected chi connectivity index (χ4v) is 4.87. The van der Waals surface area contributed by atoms with Crippen LogP contribution in [0.15, 0.2) is 29.4 Å².